The molecule has 0 aliphatic heterocycles. The fraction of sp³-hybridized carbons (Fsp3) is 0. The zero-order chi connectivity index (χ0) is 27.6. The highest BCUT2D eigenvalue weighted by Crippen LogP contribution is 2.41. The van der Waals surface area contributed by atoms with E-state index in [4.69, 9.17) is 9.97 Å². The van der Waals surface area contributed by atoms with Crippen LogP contribution >= 0.6 is 11.3 Å². The van der Waals surface area contributed by atoms with Gasteiger partial charge in [0.2, 0.25) is 5.95 Å². The summed E-state index contributed by atoms with van der Waals surface area (Å²) in [6, 6.07) is 49.5. The molecular weight excluding hydrogens is 531 g/mol. The van der Waals surface area contributed by atoms with E-state index in [0.29, 0.717) is 5.95 Å². The molecule has 0 spiro atoms. The van der Waals surface area contributed by atoms with Crippen molar-refractivity contribution in [1.29, 1.82) is 0 Å². The van der Waals surface area contributed by atoms with Crippen LogP contribution < -0.4 is 0 Å². The van der Waals surface area contributed by atoms with Crippen LogP contribution in [0.5, 0.6) is 0 Å². The third-order valence-corrected chi connectivity index (χ3v) is 9.27. The molecule has 0 N–H and O–H groups in total. The Morgan fingerprint density at radius 2 is 1.17 bits per heavy atom. The number of thiophene rings is 1. The molecule has 9 aromatic rings. The van der Waals surface area contributed by atoms with Gasteiger partial charge >= 0.3 is 0 Å². The normalized spacial score (nSPS) is 11.8. The third-order valence-electron chi connectivity index (χ3n) is 8.21. The maximum Gasteiger partial charge on any atom is 0.236 e. The van der Waals surface area contributed by atoms with Gasteiger partial charge in [-0.3, -0.25) is 4.57 Å². The average molecular weight is 554 g/mol. The largest absolute Gasteiger partial charge is 0.278 e. The highest BCUT2D eigenvalue weighted by Gasteiger charge is 2.20. The second-order valence-electron chi connectivity index (χ2n) is 10.7. The smallest absolute Gasteiger partial charge is 0.236 e. The third kappa shape index (κ3) is 3.52. The molecule has 4 heteroatoms. The number of nitrogens with zero attached hydrogens (tertiary/aromatic N) is 3. The highest BCUT2D eigenvalue weighted by atomic mass is 32.1. The average Bonchev–Trinajstić information content (AvgIpc) is 3.59. The quantitative estimate of drug-likeness (QED) is 0.218. The monoisotopic (exact) mass is 553 g/mol. The molecule has 9 rings (SSSR count). The fourth-order valence-electron chi connectivity index (χ4n) is 6.27. The maximum atomic E-state index is 5.41. The van der Waals surface area contributed by atoms with E-state index >= 15 is 0 Å². The summed E-state index contributed by atoms with van der Waals surface area (Å²) < 4.78 is 3.46. The Kier molecular flexibility index (Phi) is 5.07. The number of hydrogen-bond acceptors (Lipinski definition) is 3. The minimum Gasteiger partial charge on any atom is -0.278 e. The molecule has 6 aromatic carbocycles. The number of hydrogen-bond donors (Lipinski definition) is 0. The summed E-state index contributed by atoms with van der Waals surface area (Å²) in [5.74, 6) is 0.690. The molecule has 3 nitrogen and oxygen atoms in total. The van der Waals surface area contributed by atoms with Crippen molar-refractivity contribution in [2.24, 2.45) is 0 Å². The van der Waals surface area contributed by atoms with Gasteiger partial charge in [-0.2, -0.15) is 0 Å². The van der Waals surface area contributed by atoms with Gasteiger partial charge in [-0.05, 0) is 52.2 Å². The molecule has 0 saturated carbocycles. The molecule has 0 fully saturated rings. The lowest BCUT2D eigenvalue weighted by Crippen LogP contribution is -2.02. The first kappa shape index (κ1) is 23.4. The highest BCUT2D eigenvalue weighted by molar-refractivity contribution is 7.25. The molecule has 0 unspecified atom stereocenters. The summed E-state index contributed by atoms with van der Waals surface area (Å²) in [5.41, 5.74) is 6.61. The zero-order valence-electron chi connectivity index (χ0n) is 22.5. The Bertz CT molecular complexity index is 2470. The number of aromatic nitrogens is 3. The van der Waals surface area contributed by atoms with Crippen LogP contribution in [0.3, 0.4) is 0 Å². The van der Waals surface area contributed by atoms with Crippen molar-refractivity contribution in [3.05, 3.63) is 140 Å². The minimum absolute atomic E-state index is 0.690. The first-order chi connectivity index (χ1) is 20.8. The van der Waals surface area contributed by atoms with Crippen molar-refractivity contribution in [3.63, 3.8) is 0 Å². The first-order valence-corrected chi connectivity index (χ1v) is 14.9. The van der Waals surface area contributed by atoms with Crippen molar-refractivity contribution in [2.45, 2.75) is 0 Å². The molecule has 0 radical (unpaired) electrons. The maximum absolute atomic E-state index is 5.41. The summed E-state index contributed by atoms with van der Waals surface area (Å²) in [5, 5.41) is 7.14. The molecule has 0 saturated heterocycles. The first-order valence-electron chi connectivity index (χ1n) is 14.1. The van der Waals surface area contributed by atoms with Crippen LogP contribution in [0.25, 0.3) is 81.2 Å². The van der Waals surface area contributed by atoms with Crippen molar-refractivity contribution in [2.75, 3.05) is 0 Å². The lowest BCUT2D eigenvalue weighted by atomic mass is 10.00. The van der Waals surface area contributed by atoms with E-state index in [2.05, 4.69) is 144 Å². The topological polar surface area (TPSA) is 30.7 Å². The van der Waals surface area contributed by atoms with E-state index in [0.717, 1.165) is 32.5 Å². The number of rotatable bonds is 3. The minimum atomic E-state index is 0.690. The molecule has 0 atom stereocenters. The Hall–Kier alpha value is -5.32. The van der Waals surface area contributed by atoms with E-state index in [1.54, 1.807) is 11.3 Å². The number of fused-ring (bicyclic) bond motifs is 7. The van der Waals surface area contributed by atoms with Gasteiger partial charge in [-0.25, -0.2) is 9.97 Å². The predicted octanol–water partition coefficient (Wildman–Crippen LogP) is 10.4. The number of para-hydroxylation sites is 1. The summed E-state index contributed by atoms with van der Waals surface area (Å²) in [6.07, 6.45) is 0. The SMILES string of the molecule is c1ccc(-c2cccc(-c3nc(-n4c5ccccc5c5cc6ccccc6cc54)nc4sc5ccccc5c34)c2)cc1. The van der Waals surface area contributed by atoms with E-state index < -0.39 is 0 Å². The van der Waals surface area contributed by atoms with Gasteiger partial charge in [-0.1, -0.05) is 109 Å². The van der Waals surface area contributed by atoms with Crippen molar-refractivity contribution in [3.8, 4) is 28.3 Å². The summed E-state index contributed by atoms with van der Waals surface area (Å²) >= 11 is 1.73. The van der Waals surface area contributed by atoms with Gasteiger partial charge in [0, 0.05) is 31.8 Å². The van der Waals surface area contributed by atoms with Crippen molar-refractivity contribution in [1.82, 2.24) is 14.5 Å². The standard InChI is InChI=1S/C38H23N3S/c1-2-11-24(12-3-1)25-15-10-16-28(21-25)36-35-30-18-7-9-20-34(30)42-37(35)40-38(39-36)41-32-19-8-6-17-29(32)31-22-26-13-4-5-14-27(26)23-33(31)41/h1-23H. The van der Waals surface area contributed by atoms with Gasteiger partial charge in [-0.15, -0.1) is 11.3 Å². The molecule has 3 aromatic heterocycles. The van der Waals surface area contributed by atoms with Crippen molar-refractivity contribution < 1.29 is 0 Å². The van der Waals surface area contributed by atoms with Crippen LogP contribution in [0.15, 0.2) is 140 Å². The number of benzene rings is 6. The molecule has 0 aliphatic carbocycles. The Labute approximate surface area is 246 Å². The second-order valence-corrected chi connectivity index (χ2v) is 11.7. The van der Waals surface area contributed by atoms with Crippen LogP contribution in [0, 0.1) is 0 Å². The van der Waals surface area contributed by atoms with Crippen LogP contribution in [0.2, 0.25) is 0 Å². The molecule has 196 valence electrons. The lowest BCUT2D eigenvalue weighted by Gasteiger charge is -2.11. The molecule has 42 heavy (non-hydrogen) atoms. The van der Waals surface area contributed by atoms with E-state index in [-0.39, 0.29) is 0 Å². The predicted molar refractivity (Wildman–Crippen MR) is 178 cm³/mol. The lowest BCUT2D eigenvalue weighted by molar-refractivity contribution is 1.02. The molecule has 3 heterocycles. The molecule has 0 aliphatic rings. The van der Waals surface area contributed by atoms with Gasteiger partial charge < -0.3 is 0 Å². The fourth-order valence-corrected chi connectivity index (χ4v) is 7.34. The molecule has 0 amide bonds. The van der Waals surface area contributed by atoms with Crippen molar-refractivity contribution >= 4 is 64.2 Å². The van der Waals surface area contributed by atoms with Gasteiger partial charge in [0.15, 0.2) is 0 Å². The summed E-state index contributed by atoms with van der Waals surface area (Å²) in [6.45, 7) is 0. The summed E-state index contributed by atoms with van der Waals surface area (Å²) in [7, 11) is 0. The Morgan fingerprint density at radius 3 is 2.05 bits per heavy atom. The summed E-state index contributed by atoms with van der Waals surface area (Å²) in [4.78, 5) is 11.7. The van der Waals surface area contributed by atoms with Crippen LogP contribution in [-0.2, 0) is 0 Å². The van der Waals surface area contributed by atoms with Crippen LogP contribution in [0.1, 0.15) is 0 Å². The molecular formula is C38H23N3S. The van der Waals surface area contributed by atoms with Gasteiger partial charge in [0.1, 0.15) is 4.83 Å². The zero-order valence-corrected chi connectivity index (χ0v) is 23.3. The second kappa shape index (κ2) is 9.10. The molecule has 0 bridgehead atoms. The van der Waals surface area contributed by atoms with Crippen LogP contribution in [0.4, 0.5) is 0 Å². The van der Waals surface area contributed by atoms with E-state index in [9.17, 15) is 0 Å². The van der Waals surface area contributed by atoms with Gasteiger partial charge in [0.05, 0.1) is 16.7 Å². The van der Waals surface area contributed by atoms with E-state index in [1.807, 2.05) is 0 Å². The van der Waals surface area contributed by atoms with Gasteiger partial charge in [0.25, 0.3) is 0 Å². The van der Waals surface area contributed by atoms with Crippen LogP contribution in [-0.4, -0.2) is 14.5 Å². The Balaban J connectivity index is 1.39. The Morgan fingerprint density at radius 1 is 0.476 bits per heavy atom. The van der Waals surface area contributed by atoms with E-state index in [1.165, 1.54) is 42.8 Å².